The van der Waals surface area contributed by atoms with Crippen LogP contribution in [0.5, 0.6) is 0 Å². The van der Waals surface area contributed by atoms with Gasteiger partial charge in [0.15, 0.2) is 0 Å². The van der Waals surface area contributed by atoms with Crippen LogP contribution in [-0.2, 0) is 0 Å². The zero-order valence-electron chi connectivity index (χ0n) is 16.5. The predicted octanol–water partition coefficient (Wildman–Crippen LogP) is 7.20. The first-order chi connectivity index (χ1) is 11.7. The molecule has 0 atom stereocenters. The largest absolute Gasteiger partial charge is 0.385 e. The average molecular weight is 333 g/mol. The number of pyridine rings is 1. The van der Waals surface area contributed by atoms with Crippen LogP contribution in [0.3, 0.4) is 0 Å². The monoisotopic (exact) mass is 332 g/mol. The Kier molecular flexibility index (Phi) is 12.5. The molecule has 0 bridgehead atoms. The van der Waals surface area contributed by atoms with Crippen LogP contribution in [0.25, 0.3) is 0 Å². The first-order valence-corrected chi connectivity index (χ1v) is 10.4. The van der Waals surface area contributed by atoms with Gasteiger partial charge in [0, 0.05) is 23.6 Å². The third-order valence-corrected chi connectivity index (χ3v) is 4.69. The second-order valence-corrected chi connectivity index (χ2v) is 7.31. The van der Waals surface area contributed by atoms with Gasteiger partial charge in [-0.05, 0) is 32.4 Å². The minimum absolute atomic E-state index is 1.08. The lowest BCUT2D eigenvalue weighted by Gasteiger charge is -2.08. The van der Waals surface area contributed by atoms with Crippen LogP contribution in [0, 0.1) is 13.8 Å². The zero-order valence-corrected chi connectivity index (χ0v) is 16.5. The topological polar surface area (TPSA) is 24.9 Å². The highest BCUT2D eigenvalue weighted by Gasteiger charge is 1.97. The van der Waals surface area contributed by atoms with E-state index in [-0.39, 0.29) is 0 Å². The number of unbranched alkanes of at least 4 members (excludes halogenated alkanes) is 12. The molecule has 0 unspecified atom stereocenters. The van der Waals surface area contributed by atoms with Crippen molar-refractivity contribution in [2.45, 2.75) is 104 Å². The zero-order chi connectivity index (χ0) is 17.5. The standard InChI is InChI=1S/C22H40N2/c1-4-5-6-7-8-9-10-11-12-13-14-15-16-17-23-22-18-20(2)24-21(3)19-22/h18-19H,4-17H2,1-3H3,(H,23,24). The minimum atomic E-state index is 1.08. The highest BCUT2D eigenvalue weighted by Crippen LogP contribution is 2.13. The fraction of sp³-hybridized carbons (Fsp3) is 0.773. The second kappa shape index (κ2) is 14.3. The summed E-state index contributed by atoms with van der Waals surface area (Å²) >= 11 is 0. The van der Waals surface area contributed by atoms with Crippen molar-refractivity contribution in [2.75, 3.05) is 11.9 Å². The van der Waals surface area contributed by atoms with Gasteiger partial charge in [0.25, 0.3) is 0 Å². The van der Waals surface area contributed by atoms with E-state index in [9.17, 15) is 0 Å². The van der Waals surface area contributed by atoms with Gasteiger partial charge in [0.05, 0.1) is 0 Å². The average Bonchev–Trinajstić information content (AvgIpc) is 2.54. The van der Waals surface area contributed by atoms with Gasteiger partial charge in [-0.2, -0.15) is 0 Å². The molecule has 0 amide bonds. The van der Waals surface area contributed by atoms with E-state index in [4.69, 9.17) is 0 Å². The molecule has 0 saturated heterocycles. The molecule has 1 N–H and O–H groups in total. The lowest BCUT2D eigenvalue weighted by Crippen LogP contribution is -2.02. The smallest absolute Gasteiger partial charge is 0.0396 e. The molecule has 0 aliphatic rings. The summed E-state index contributed by atoms with van der Waals surface area (Å²) < 4.78 is 0. The van der Waals surface area contributed by atoms with Gasteiger partial charge >= 0.3 is 0 Å². The number of nitrogens with one attached hydrogen (secondary N) is 1. The van der Waals surface area contributed by atoms with E-state index in [2.05, 4.69) is 43.2 Å². The van der Waals surface area contributed by atoms with Crippen molar-refractivity contribution in [3.05, 3.63) is 23.5 Å². The summed E-state index contributed by atoms with van der Waals surface area (Å²) in [6, 6.07) is 4.27. The number of anilines is 1. The Morgan fingerprint density at radius 2 is 1.08 bits per heavy atom. The summed E-state index contributed by atoms with van der Waals surface area (Å²) in [5.74, 6) is 0. The predicted molar refractivity (Wildman–Crippen MR) is 108 cm³/mol. The minimum Gasteiger partial charge on any atom is -0.385 e. The van der Waals surface area contributed by atoms with Crippen LogP contribution in [0.15, 0.2) is 12.1 Å². The van der Waals surface area contributed by atoms with Crippen molar-refractivity contribution in [2.24, 2.45) is 0 Å². The van der Waals surface area contributed by atoms with E-state index in [0.29, 0.717) is 0 Å². The molecular formula is C22H40N2. The third kappa shape index (κ3) is 11.5. The van der Waals surface area contributed by atoms with Crippen molar-refractivity contribution in [3.63, 3.8) is 0 Å². The Morgan fingerprint density at radius 3 is 1.54 bits per heavy atom. The molecule has 1 heterocycles. The summed E-state index contributed by atoms with van der Waals surface area (Å²) in [5, 5.41) is 3.53. The number of aromatic nitrogens is 1. The molecular weight excluding hydrogens is 292 g/mol. The molecule has 2 nitrogen and oxygen atoms in total. The van der Waals surface area contributed by atoms with Gasteiger partial charge in [-0.1, -0.05) is 84.0 Å². The molecule has 138 valence electrons. The third-order valence-electron chi connectivity index (χ3n) is 4.69. The maximum Gasteiger partial charge on any atom is 0.0396 e. The van der Waals surface area contributed by atoms with Crippen molar-refractivity contribution in [3.8, 4) is 0 Å². The number of hydrogen-bond acceptors (Lipinski definition) is 2. The quantitative estimate of drug-likeness (QED) is 0.343. The van der Waals surface area contributed by atoms with E-state index in [1.54, 1.807) is 0 Å². The lowest BCUT2D eigenvalue weighted by atomic mass is 10.0. The second-order valence-electron chi connectivity index (χ2n) is 7.31. The number of nitrogens with zero attached hydrogens (tertiary/aromatic N) is 1. The van der Waals surface area contributed by atoms with Crippen LogP contribution in [0.4, 0.5) is 5.69 Å². The number of rotatable bonds is 15. The number of hydrogen-bond donors (Lipinski definition) is 1. The summed E-state index contributed by atoms with van der Waals surface area (Å²) in [7, 11) is 0. The van der Waals surface area contributed by atoms with Gasteiger partial charge < -0.3 is 5.32 Å². The first-order valence-electron chi connectivity index (χ1n) is 10.4. The molecule has 2 heteroatoms. The van der Waals surface area contributed by atoms with E-state index in [1.165, 1.54) is 89.2 Å². The SMILES string of the molecule is CCCCCCCCCCCCCCCNc1cc(C)nc(C)c1. The fourth-order valence-electron chi connectivity index (χ4n) is 3.31. The highest BCUT2D eigenvalue weighted by molar-refractivity contribution is 5.44. The molecule has 0 saturated carbocycles. The molecule has 24 heavy (non-hydrogen) atoms. The molecule has 0 spiro atoms. The summed E-state index contributed by atoms with van der Waals surface area (Å²) in [6.45, 7) is 7.49. The van der Waals surface area contributed by atoms with Crippen LogP contribution in [0.2, 0.25) is 0 Å². The van der Waals surface area contributed by atoms with Gasteiger partial charge in [-0.3, -0.25) is 4.98 Å². The number of aryl methyl sites for hydroxylation is 2. The van der Waals surface area contributed by atoms with Gasteiger partial charge in [-0.15, -0.1) is 0 Å². The Labute approximate surface area is 150 Å². The van der Waals surface area contributed by atoms with Crippen molar-refractivity contribution in [1.82, 2.24) is 4.98 Å². The van der Waals surface area contributed by atoms with E-state index < -0.39 is 0 Å². The lowest BCUT2D eigenvalue weighted by molar-refractivity contribution is 0.541. The summed E-state index contributed by atoms with van der Waals surface area (Å²) in [4.78, 5) is 4.41. The Morgan fingerprint density at radius 1 is 0.667 bits per heavy atom. The van der Waals surface area contributed by atoms with Crippen molar-refractivity contribution < 1.29 is 0 Å². The molecule has 1 aromatic heterocycles. The molecule has 0 aliphatic heterocycles. The van der Waals surface area contributed by atoms with Crippen molar-refractivity contribution >= 4 is 5.69 Å². The molecule has 1 rings (SSSR count). The fourth-order valence-corrected chi connectivity index (χ4v) is 3.31. The van der Waals surface area contributed by atoms with Crippen LogP contribution >= 0.6 is 0 Å². The maximum atomic E-state index is 4.41. The molecule has 1 aromatic rings. The molecule has 0 radical (unpaired) electrons. The molecule has 0 aromatic carbocycles. The normalized spacial score (nSPS) is 11.0. The first kappa shape index (κ1) is 21.0. The summed E-state index contributed by atoms with van der Waals surface area (Å²) in [5.41, 5.74) is 3.42. The molecule has 0 fully saturated rings. The van der Waals surface area contributed by atoms with Gasteiger partial charge in [0.1, 0.15) is 0 Å². The van der Waals surface area contributed by atoms with Gasteiger partial charge in [0.2, 0.25) is 0 Å². The molecule has 0 aliphatic carbocycles. The van der Waals surface area contributed by atoms with Crippen molar-refractivity contribution in [1.29, 1.82) is 0 Å². The highest BCUT2D eigenvalue weighted by atomic mass is 14.9. The van der Waals surface area contributed by atoms with Crippen LogP contribution < -0.4 is 5.32 Å². The van der Waals surface area contributed by atoms with E-state index in [1.807, 2.05) is 0 Å². The summed E-state index contributed by atoms with van der Waals surface area (Å²) in [6.07, 6.45) is 18.4. The Balaban J connectivity index is 1.84. The van der Waals surface area contributed by atoms with Crippen LogP contribution in [0.1, 0.15) is 102 Å². The van der Waals surface area contributed by atoms with Gasteiger partial charge in [-0.25, -0.2) is 0 Å². The van der Waals surface area contributed by atoms with Crippen LogP contribution in [-0.4, -0.2) is 11.5 Å². The van der Waals surface area contributed by atoms with E-state index >= 15 is 0 Å². The Hall–Kier alpha value is -1.05. The maximum absolute atomic E-state index is 4.41. The Bertz CT molecular complexity index is 394. The van der Waals surface area contributed by atoms with E-state index in [0.717, 1.165) is 17.9 Å².